The maximum Gasteiger partial charge on any atom is 0.253 e. The molecule has 6 rings (SSSR count). The lowest BCUT2D eigenvalue weighted by atomic mass is 9.62. The molecule has 3 aliphatic rings. The smallest absolute Gasteiger partial charge is 0.253 e. The number of fused-ring (bicyclic) bond motifs is 2. The molecule has 2 bridgehead atoms. The van der Waals surface area contributed by atoms with Crippen molar-refractivity contribution in [2.75, 3.05) is 36.0 Å². The van der Waals surface area contributed by atoms with E-state index in [0.29, 0.717) is 24.2 Å². The van der Waals surface area contributed by atoms with E-state index in [1.165, 1.54) is 0 Å². The normalized spacial score (nSPS) is 28.2. The minimum Gasteiger partial charge on any atom is -0.396 e. The van der Waals surface area contributed by atoms with Crippen molar-refractivity contribution < 1.29 is 24.2 Å². The molecule has 0 aromatic heterocycles. The Labute approximate surface area is 264 Å². The first-order valence-corrected chi connectivity index (χ1v) is 15.7. The molecule has 3 aliphatic heterocycles. The summed E-state index contributed by atoms with van der Waals surface area (Å²) in [6.07, 6.45) is 4.11. The van der Waals surface area contributed by atoms with Crippen molar-refractivity contribution in [3.8, 4) is 0 Å². The summed E-state index contributed by atoms with van der Waals surface area (Å²) < 4.78 is 6.96. The van der Waals surface area contributed by atoms with Gasteiger partial charge in [-0.15, -0.1) is 13.2 Å². The van der Waals surface area contributed by atoms with Crippen LogP contribution in [0, 0.1) is 17.8 Å². The van der Waals surface area contributed by atoms with Gasteiger partial charge in [-0.2, -0.15) is 0 Å². The van der Waals surface area contributed by atoms with Crippen LogP contribution in [0.4, 0.5) is 11.4 Å². The summed E-state index contributed by atoms with van der Waals surface area (Å²) in [5, 5.41) is 11.8. The Balaban J connectivity index is 1.45. The lowest BCUT2D eigenvalue weighted by Gasteiger charge is -2.39. The average molecular weight is 608 g/mol. The summed E-state index contributed by atoms with van der Waals surface area (Å²) in [4.78, 5) is 48.9. The van der Waals surface area contributed by atoms with Gasteiger partial charge >= 0.3 is 0 Å². The van der Waals surface area contributed by atoms with Crippen molar-refractivity contribution >= 4 is 39.9 Å². The lowest BCUT2D eigenvalue weighted by Crippen LogP contribution is -2.57. The van der Waals surface area contributed by atoms with Crippen LogP contribution in [-0.4, -0.2) is 71.2 Å². The highest BCUT2D eigenvalue weighted by molar-refractivity contribution is 6.07. The third kappa shape index (κ3) is 4.78. The Morgan fingerprint density at radius 3 is 2.27 bits per heavy atom. The molecule has 1 N–H and O–H groups in total. The molecule has 234 valence electrons. The van der Waals surface area contributed by atoms with Crippen molar-refractivity contribution in [2.24, 2.45) is 17.8 Å². The number of anilines is 2. The van der Waals surface area contributed by atoms with Crippen LogP contribution in [0.3, 0.4) is 0 Å². The van der Waals surface area contributed by atoms with Crippen molar-refractivity contribution in [2.45, 2.75) is 43.9 Å². The van der Waals surface area contributed by atoms with Crippen LogP contribution in [0.1, 0.15) is 26.7 Å². The Morgan fingerprint density at radius 2 is 1.60 bits per heavy atom. The third-order valence-electron chi connectivity index (χ3n) is 10.1. The van der Waals surface area contributed by atoms with E-state index in [0.717, 1.165) is 10.8 Å². The Morgan fingerprint density at radius 1 is 0.956 bits per heavy atom. The summed E-state index contributed by atoms with van der Waals surface area (Å²) in [6.45, 7) is 12.3. The number of aliphatic hydroxyl groups excluding tert-OH is 1. The Bertz CT molecular complexity index is 1640. The fourth-order valence-corrected chi connectivity index (χ4v) is 8.05. The predicted molar refractivity (Wildman–Crippen MR) is 176 cm³/mol. The first-order valence-electron chi connectivity index (χ1n) is 15.7. The van der Waals surface area contributed by atoms with Gasteiger partial charge in [0.25, 0.3) is 5.91 Å². The number of para-hydroxylation sites is 1. The fourth-order valence-electron chi connectivity index (χ4n) is 8.05. The van der Waals surface area contributed by atoms with Crippen LogP contribution in [0.25, 0.3) is 10.8 Å². The van der Waals surface area contributed by atoms with Crippen molar-refractivity contribution in [1.29, 1.82) is 0 Å². The number of hydrogen-bond donors (Lipinski definition) is 1. The molecule has 0 aliphatic carbocycles. The molecule has 3 amide bonds. The van der Waals surface area contributed by atoms with Gasteiger partial charge in [0.05, 0.1) is 17.4 Å². The van der Waals surface area contributed by atoms with E-state index in [2.05, 4.69) is 13.2 Å². The third-order valence-corrected chi connectivity index (χ3v) is 10.1. The van der Waals surface area contributed by atoms with Gasteiger partial charge in [-0.05, 0) is 60.7 Å². The van der Waals surface area contributed by atoms with Crippen molar-refractivity contribution in [3.63, 3.8) is 0 Å². The molecule has 0 radical (unpaired) electrons. The largest absolute Gasteiger partial charge is 0.396 e. The highest BCUT2D eigenvalue weighted by atomic mass is 16.5. The number of nitrogens with zero attached hydrogens (tertiary/aromatic N) is 3. The van der Waals surface area contributed by atoms with Crippen LogP contribution in [0.2, 0.25) is 0 Å². The standard InChI is InChI=1S/C37H41N3O5/c1-5-19-38(28-15-8-7-9-16-28)33(42)30-31-34(43)40(21-12-22-41)32(37(31)24-25(3)36(30,4)45-37)35(44)39(20-6-2)29-18-17-26-13-10-11-14-27(26)23-29/h5-11,13-18,23,25,30-32,41H,1-2,12,19-22,24H2,3-4H3/t25?,30-,31+,32?,36+,37?/m1/s1. The van der Waals surface area contributed by atoms with E-state index in [4.69, 9.17) is 4.74 Å². The first-order chi connectivity index (χ1) is 21.7. The molecule has 3 fully saturated rings. The SMILES string of the molecule is C=CCN(C(=O)C1N(CCCO)C(=O)[C@@H]2[C@H](C(=O)N(CC=C)c3ccccc3)[C@@]3(C)OC12CC3C)c1ccc2ccccc2c1. The molecule has 0 saturated carbocycles. The van der Waals surface area contributed by atoms with Crippen LogP contribution in [0.15, 0.2) is 98.1 Å². The monoisotopic (exact) mass is 607 g/mol. The van der Waals surface area contributed by atoms with Crippen LogP contribution >= 0.6 is 0 Å². The van der Waals surface area contributed by atoms with Gasteiger partial charge in [-0.25, -0.2) is 0 Å². The summed E-state index contributed by atoms with van der Waals surface area (Å²) in [7, 11) is 0. The maximum absolute atomic E-state index is 14.9. The lowest BCUT2D eigenvalue weighted by molar-refractivity contribution is -0.146. The molecule has 3 aromatic rings. The molecule has 45 heavy (non-hydrogen) atoms. The second kappa shape index (κ2) is 11.9. The molecule has 6 atom stereocenters. The molecular weight excluding hydrogens is 566 g/mol. The molecular formula is C37H41N3O5. The zero-order chi connectivity index (χ0) is 31.9. The van der Waals surface area contributed by atoms with E-state index in [-0.39, 0.29) is 49.9 Å². The number of rotatable bonds is 11. The number of carbonyl (C=O) groups is 3. The van der Waals surface area contributed by atoms with Crippen LogP contribution in [-0.2, 0) is 19.1 Å². The number of ether oxygens (including phenoxy) is 1. The number of carbonyl (C=O) groups excluding carboxylic acids is 3. The zero-order valence-electron chi connectivity index (χ0n) is 26.0. The molecule has 1 spiro atoms. The maximum atomic E-state index is 14.9. The number of hydrogen-bond acceptors (Lipinski definition) is 5. The number of amides is 3. The second-order valence-corrected chi connectivity index (χ2v) is 12.7. The first kappa shape index (κ1) is 30.7. The topological polar surface area (TPSA) is 90.4 Å². The number of likely N-dealkylation sites (tertiary alicyclic amines) is 1. The summed E-state index contributed by atoms with van der Waals surface area (Å²) in [5.41, 5.74) is -0.766. The Hall–Kier alpha value is -4.27. The van der Waals surface area contributed by atoms with Crippen molar-refractivity contribution in [3.05, 3.63) is 98.1 Å². The fraction of sp³-hybridized carbons (Fsp3) is 0.378. The van der Waals surface area contributed by atoms with Crippen LogP contribution in [0.5, 0.6) is 0 Å². The predicted octanol–water partition coefficient (Wildman–Crippen LogP) is 4.97. The van der Waals surface area contributed by atoms with Gasteiger partial charge < -0.3 is 24.5 Å². The van der Waals surface area contributed by atoms with Crippen molar-refractivity contribution in [1.82, 2.24) is 4.90 Å². The van der Waals surface area contributed by atoms with Gasteiger partial charge in [-0.1, -0.05) is 67.6 Å². The molecule has 3 saturated heterocycles. The molecule has 3 unspecified atom stereocenters. The van der Waals surface area contributed by atoms with E-state index in [1.807, 2.05) is 86.6 Å². The van der Waals surface area contributed by atoms with E-state index >= 15 is 0 Å². The average Bonchev–Trinajstić information content (AvgIpc) is 3.57. The van der Waals surface area contributed by atoms with Crippen LogP contribution < -0.4 is 9.80 Å². The zero-order valence-corrected chi connectivity index (χ0v) is 26.0. The van der Waals surface area contributed by atoms with Gasteiger partial charge in [0.2, 0.25) is 11.8 Å². The number of aliphatic hydroxyl groups is 1. The minimum absolute atomic E-state index is 0.0986. The van der Waals surface area contributed by atoms with Gasteiger partial charge in [0, 0.05) is 37.6 Å². The van der Waals surface area contributed by atoms with Gasteiger partial charge in [0.15, 0.2) is 0 Å². The Kier molecular flexibility index (Phi) is 8.14. The number of benzene rings is 3. The second-order valence-electron chi connectivity index (χ2n) is 12.7. The van der Waals surface area contributed by atoms with Gasteiger partial charge in [-0.3, -0.25) is 14.4 Å². The van der Waals surface area contributed by atoms with Gasteiger partial charge in [0.1, 0.15) is 11.6 Å². The van der Waals surface area contributed by atoms with E-state index < -0.39 is 29.1 Å². The quantitative estimate of drug-likeness (QED) is 0.311. The molecule has 3 aromatic carbocycles. The molecule has 8 nitrogen and oxygen atoms in total. The molecule has 3 heterocycles. The molecule has 8 heteroatoms. The summed E-state index contributed by atoms with van der Waals surface area (Å²) >= 11 is 0. The highest BCUT2D eigenvalue weighted by Crippen LogP contribution is 2.65. The summed E-state index contributed by atoms with van der Waals surface area (Å²) in [5.74, 6) is -2.54. The summed E-state index contributed by atoms with van der Waals surface area (Å²) in [6, 6.07) is 22.2. The highest BCUT2D eigenvalue weighted by Gasteiger charge is 2.80. The van der Waals surface area contributed by atoms with E-state index in [9.17, 15) is 19.5 Å². The minimum atomic E-state index is -1.20. The van der Waals surface area contributed by atoms with E-state index in [1.54, 1.807) is 26.9 Å².